The Morgan fingerprint density at radius 2 is 2.25 bits per heavy atom. The molecule has 1 aliphatic rings. The van der Waals surface area contributed by atoms with Gasteiger partial charge in [0.25, 0.3) is 5.91 Å². The molecule has 0 aromatic heterocycles. The highest BCUT2D eigenvalue weighted by Gasteiger charge is 2.26. The van der Waals surface area contributed by atoms with E-state index in [2.05, 4.69) is 12.3 Å². The van der Waals surface area contributed by atoms with Gasteiger partial charge in [0.1, 0.15) is 0 Å². The first kappa shape index (κ1) is 11.0. The topological polar surface area (TPSA) is 58.4 Å². The molecule has 1 aliphatic heterocycles. The maximum Gasteiger partial charge on any atom is 0.256 e. The molecule has 1 saturated heterocycles. The summed E-state index contributed by atoms with van der Waals surface area (Å²) in [6.07, 6.45) is 2.18. The van der Waals surface area contributed by atoms with E-state index >= 15 is 0 Å². The molecule has 4 nitrogen and oxygen atoms in total. The highest BCUT2D eigenvalue weighted by atomic mass is 16.2. The molecule has 86 valence electrons. The van der Waals surface area contributed by atoms with Crippen LogP contribution in [0.25, 0.3) is 0 Å². The summed E-state index contributed by atoms with van der Waals surface area (Å²) in [5.74, 6) is 5.47. The zero-order valence-corrected chi connectivity index (χ0v) is 9.44. The third-order valence-corrected chi connectivity index (χ3v) is 3.13. The second-order valence-corrected chi connectivity index (χ2v) is 4.18. The van der Waals surface area contributed by atoms with Gasteiger partial charge < -0.3 is 10.3 Å². The quantitative estimate of drug-likeness (QED) is 0.586. The lowest BCUT2D eigenvalue weighted by Crippen LogP contribution is -2.34. The predicted octanol–water partition coefficient (Wildman–Crippen LogP) is 1.60. The normalized spacial score (nSPS) is 19.9. The lowest BCUT2D eigenvalue weighted by Gasteiger charge is -2.22. The van der Waals surface area contributed by atoms with Crippen molar-refractivity contribution < 1.29 is 4.79 Å². The van der Waals surface area contributed by atoms with Crippen LogP contribution in [0.3, 0.4) is 0 Å². The number of benzene rings is 1. The number of hydrogen-bond donors (Lipinski definition) is 2. The number of nitrogens with zero attached hydrogens (tertiary/aromatic N) is 1. The number of nitrogens with one attached hydrogen (secondary N) is 1. The van der Waals surface area contributed by atoms with Crippen molar-refractivity contribution in [3.8, 4) is 0 Å². The number of hydrogen-bond acceptors (Lipinski definition) is 3. The number of para-hydroxylation sites is 1. The molecular formula is C12H17N3O. The van der Waals surface area contributed by atoms with Crippen molar-refractivity contribution >= 4 is 11.6 Å². The Morgan fingerprint density at radius 1 is 1.50 bits per heavy atom. The molecule has 0 saturated carbocycles. The second-order valence-electron chi connectivity index (χ2n) is 4.18. The van der Waals surface area contributed by atoms with Gasteiger partial charge in [0.15, 0.2) is 0 Å². The monoisotopic (exact) mass is 219 g/mol. The first-order valence-electron chi connectivity index (χ1n) is 5.60. The van der Waals surface area contributed by atoms with E-state index in [1.807, 2.05) is 29.2 Å². The van der Waals surface area contributed by atoms with Crippen LogP contribution in [0.1, 0.15) is 30.1 Å². The van der Waals surface area contributed by atoms with Crippen molar-refractivity contribution in [2.75, 3.05) is 12.0 Å². The Kier molecular flexibility index (Phi) is 3.10. The number of nitrogen functional groups attached to an aromatic ring is 1. The molecule has 0 aliphatic carbocycles. The van der Waals surface area contributed by atoms with Gasteiger partial charge in [-0.15, -0.1) is 0 Å². The van der Waals surface area contributed by atoms with E-state index in [0.717, 1.165) is 19.4 Å². The number of carbonyl (C=O) groups excluding carboxylic acids is 1. The standard InChI is InChI=1S/C12H17N3O/c1-9-5-4-8-15(9)12(16)10-6-2-3-7-11(10)14-13/h2-3,6-7,9,14H,4-5,8,13H2,1H3. The molecule has 2 rings (SSSR count). The molecular weight excluding hydrogens is 202 g/mol. The predicted molar refractivity (Wildman–Crippen MR) is 64.0 cm³/mol. The molecule has 0 radical (unpaired) electrons. The Balaban J connectivity index is 2.26. The summed E-state index contributed by atoms with van der Waals surface area (Å²) in [6, 6.07) is 7.67. The van der Waals surface area contributed by atoms with Gasteiger partial charge in [0.05, 0.1) is 11.3 Å². The van der Waals surface area contributed by atoms with Crippen LogP contribution in [-0.2, 0) is 0 Å². The SMILES string of the molecule is CC1CCCN1C(=O)c1ccccc1NN. The maximum absolute atomic E-state index is 12.3. The highest BCUT2D eigenvalue weighted by Crippen LogP contribution is 2.22. The lowest BCUT2D eigenvalue weighted by atomic mass is 10.1. The number of carbonyl (C=O) groups is 1. The minimum Gasteiger partial charge on any atom is -0.336 e. The highest BCUT2D eigenvalue weighted by molar-refractivity contribution is 5.99. The van der Waals surface area contributed by atoms with Gasteiger partial charge in [-0.3, -0.25) is 10.6 Å². The summed E-state index contributed by atoms with van der Waals surface area (Å²) >= 11 is 0. The van der Waals surface area contributed by atoms with Crippen LogP contribution in [0.5, 0.6) is 0 Å². The Morgan fingerprint density at radius 3 is 2.88 bits per heavy atom. The summed E-state index contributed by atoms with van der Waals surface area (Å²) in [6.45, 7) is 2.93. The lowest BCUT2D eigenvalue weighted by molar-refractivity contribution is 0.0748. The summed E-state index contributed by atoms with van der Waals surface area (Å²) < 4.78 is 0. The van der Waals surface area contributed by atoms with Gasteiger partial charge in [-0.2, -0.15) is 0 Å². The maximum atomic E-state index is 12.3. The van der Waals surface area contributed by atoms with E-state index in [4.69, 9.17) is 5.84 Å². The fourth-order valence-electron chi connectivity index (χ4n) is 2.19. The van der Waals surface area contributed by atoms with Crippen molar-refractivity contribution in [2.24, 2.45) is 5.84 Å². The van der Waals surface area contributed by atoms with Crippen molar-refractivity contribution in [1.82, 2.24) is 4.90 Å². The van der Waals surface area contributed by atoms with Gasteiger partial charge in [0.2, 0.25) is 0 Å². The molecule has 16 heavy (non-hydrogen) atoms. The average Bonchev–Trinajstić information content (AvgIpc) is 2.74. The molecule has 4 heteroatoms. The first-order chi connectivity index (χ1) is 7.74. The van der Waals surface area contributed by atoms with Crippen LogP contribution in [0.15, 0.2) is 24.3 Å². The van der Waals surface area contributed by atoms with Crippen LogP contribution in [0, 0.1) is 0 Å². The molecule has 3 N–H and O–H groups in total. The summed E-state index contributed by atoms with van der Waals surface area (Å²) in [5, 5.41) is 0. The number of hydrazine groups is 1. The first-order valence-corrected chi connectivity index (χ1v) is 5.60. The van der Waals surface area contributed by atoms with Crippen LogP contribution in [-0.4, -0.2) is 23.4 Å². The van der Waals surface area contributed by atoms with E-state index < -0.39 is 0 Å². The van der Waals surface area contributed by atoms with Gasteiger partial charge in [0, 0.05) is 12.6 Å². The summed E-state index contributed by atoms with van der Waals surface area (Å²) in [4.78, 5) is 14.2. The van der Waals surface area contributed by atoms with Gasteiger partial charge in [-0.25, -0.2) is 0 Å². The fourth-order valence-corrected chi connectivity index (χ4v) is 2.19. The van der Waals surface area contributed by atoms with E-state index in [-0.39, 0.29) is 5.91 Å². The summed E-state index contributed by atoms with van der Waals surface area (Å²) in [5.41, 5.74) is 3.91. The third kappa shape index (κ3) is 1.88. The molecule has 1 heterocycles. The number of nitrogens with two attached hydrogens (primary N) is 1. The van der Waals surface area contributed by atoms with Crippen molar-refractivity contribution in [1.29, 1.82) is 0 Å². The molecule has 1 atom stereocenters. The van der Waals surface area contributed by atoms with Crippen LogP contribution in [0.2, 0.25) is 0 Å². The molecule has 0 spiro atoms. The minimum atomic E-state index is 0.0681. The molecule has 0 bridgehead atoms. The zero-order chi connectivity index (χ0) is 11.5. The smallest absolute Gasteiger partial charge is 0.256 e. The Labute approximate surface area is 95.4 Å². The van der Waals surface area contributed by atoms with E-state index in [9.17, 15) is 4.79 Å². The van der Waals surface area contributed by atoms with E-state index in [0.29, 0.717) is 17.3 Å². The fraction of sp³-hybridized carbons (Fsp3) is 0.417. The number of amides is 1. The number of anilines is 1. The third-order valence-electron chi connectivity index (χ3n) is 3.13. The van der Waals surface area contributed by atoms with E-state index in [1.54, 1.807) is 0 Å². The molecule has 1 unspecified atom stereocenters. The average molecular weight is 219 g/mol. The van der Waals surface area contributed by atoms with E-state index in [1.165, 1.54) is 0 Å². The molecule has 1 aromatic carbocycles. The van der Waals surface area contributed by atoms with Gasteiger partial charge >= 0.3 is 0 Å². The second kappa shape index (κ2) is 4.53. The Bertz CT molecular complexity index is 392. The van der Waals surface area contributed by atoms with Gasteiger partial charge in [-0.1, -0.05) is 12.1 Å². The van der Waals surface area contributed by atoms with Crippen LogP contribution in [0.4, 0.5) is 5.69 Å². The molecule has 1 aromatic rings. The summed E-state index contributed by atoms with van der Waals surface area (Å²) in [7, 11) is 0. The number of likely N-dealkylation sites (tertiary alicyclic amines) is 1. The Hall–Kier alpha value is -1.55. The zero-order valence-electron chi connectivity index (χ0n) is 9.44. The number of rotatable bonds is 2. The van der Waals surface area contributed by atoms with Crippen molar-refractivity contribution in [2.45, 2.75) is 25.8 Å². The molecule has 1 amide bonds. The van der Waals surface area contributed by atoms with Crippen LogP contribution >= 0.6 is 0 Å². The van der Waals surface area contributed by atoms with Gasteiger partial charge in [-0.05, 0) is 31.9 Å². The minimum absolute atomic E-state index is 0.0681. The van der Waals surface area contributed by atoms with Crippen molar-refractivity contribution in [3.05, 3.63) is 29.8 Å². The largest absolute Gasteiger partial charge is 0.336 e. The van der Waals surface area contributed by atoms with Crippen molar-refractivity contribution in [3.63, 3.8) is 0 Å². The van der Waals surface area contributed by atoms with Crippen LogP contribution < -0.4 is 11.3 Å². The molecule has 1 fully saturated rings.